The van der Waals surface area contributed by atoms with Crippen molar-refractivity contribution in [3.8, 4) is 0 Å². The van der Waals surface area contributed by atoms with E-state index in [0.29, 0.717) is 15.6 Å². The van der Waals surface area contributed by atoms with Crippen molar-refractivity contribution >= 4 is 58.4 Å². The summed E-state index contributed by atoms with van der Waals surface area (Å²) in [5.41, 5.74) is 0.569. The van der Waals surface area contributed by atoms with Crippen LogP contribution in [-0.4, -0.2) is 21.8 Å². The lowest BCUT2D eigenvalue weighted by Crippen LogP contribution is -2.31. The zero-order chi connectivity index (χ0) is 14.2. The smallest absolute Gasteiger partial charge is 0.274 e. The molecule has 2 amide bonds. The Morgan fingerprint density at radius 2 is 1.95 bits per heavy atom. The number of carbonyl (C=O) groups is 2. The molecule has 1 fully saturated rings. The third-order valence-corrected chi connectivity index (χ3v) is 3.44. The van der Waals surface area contributed by atoms with Crippen LogP contribution in [0, 0.1) is 0 Å². The van der Waals surface area contributed by atoms with E-state index < -0.39 is 5.91 Å². The Morgan fingerprint density at radius 3 is 2.47 bits per heavy atom. The van der Waals surface area contributed by atoms with E-state index in [-0.39, 0.29) is 16.7 Å². The molecule has 1 aromatic carbocycles. The number of nitrogens with one attached hydrogen (secondary N) is 1. The largest absolute Gasteiger partial charge is 0.297 e. The van der Waals surface area contributed by atoms with Gasteiger partial charge < -0.3 is 0 Å². The van der Waals surface area contributed by atoms with Gasteiger partial charge in [0.25, 0.3) is 5.91 Å². The lowest BCUT2D eigenvalue weighted by molar-refractivity contribution is -0.125. The van der Waals surface area contributed by atoms with Gasteiger partial charge in [0, 0.05) is 22.5 Å². The molecule has 19 heavy (non-hydrogen) atoms. The fraction of sp³-hybridized carbons (Fsp3) is 0.0833. The van der Waals surface area contributed by atoms with Crippen molar-refractivity contribution in [1.29, 1.82) is 0 Å². The van der Waals surface area contributed by atoms with E-state index >= 15 is 0 Å². The highest BCUT2D eigenvalue weighted by Gasteiger charge is 2.33. The third-order valence-electron chi connectivity index (χ3n) is 2.49. The van der Waals surface area contributed by atoms with Crippen LogP contribution in [0.1, 0.15) is 12.5 Å². The molecule has 1 saturated heterocycles. The number of halogens is 2. The number of hydrogen-bond donors (Lipinski definition) is 1. The van der Waals surface area contributed by atoms with Crippen LogP contribution in [0.15, 0.2) is 23.9 Å². The molecule has 1 aliphatic rings. The summed E-state index contributed by atoms with van der Waals surface area (Å²) in [6.45, 7) is 1.31. The van der Waals surface area contributed by atoms with Gasteiger partial charge in [0.1, 0.15) is 5.70 Å². The lowest BCUT2D eigenvalue weighted by Gasteiger charge is -2.12. The predicted molar refractivity (Wildman–Crippen MR) is 77.7 cm³/mol. The number of rotatable bonds is 1. The first kappa shape index (κ1) is 14.0. The number of benzene rings is 1. The molecular weight excluding hydrogens is 307 g/mol. The number of carbonyl (C=O) groups excluding carboxylic acids is 2. The fourth-order valence-electron chi connectivity index (χ4n) is 1.66. The maximum absolute atomic E-state index is 11.8. The van der Waals surface area contributed by atoms with Gasteiger partial charge in [-0.05, 0) is 30.4 Å². The summed E-state index contributed by atoms with van der Waals surface area (Å²) >= 11 is 17.0. The molecule has 0 aliphatic carbocycles. The lowest BCUT2D eigenvalue weighted by atomic mass is 10.2. The van der Waals surface area contributed by atoms with Crippen molar-refractivity contribution < 1.29 is 9.59 Å². The van der Waals surface area contributed by atoms with Crippen molar-refractivity contribution in [2.75, 3.05) is 0 Å². The van der Waals surface area contributed by atoms with E-state index in [1.165, 1.54) is 13.0 Å². The minimum Gasteiger partial charge on any atom is -0.297 e. The number of nitrogens with zero attached hydrogens (tertiary/aromatic N) is 1. The maximum atomic E-state index is 11.8. The van der Waals surface area contributed by atoms with Gasteiger partial charge in [0.15, 0.2) is 5.11 Å². The second-order valence-electron chi connectivity index (χ2n) is 3.78. The molecular formula is C12H8Cl2N2O2S. The average molecular weight is 315 g/mol. The Kier molecular flexibility index (Phi) is 3.89. The molecule has 7 heteroatoms. The first-order valence-electron chi connectivity index (χ1n) is 5.23. The molecule has 98 valence electrons. The Balaban J connectivity index is 2.55. The Hall–Kier alpha value is -1.43. The minimum atomic E-state index is -0.462. The highest BCUT2D eigenvalue weighted by Crippen LogP contribution is 2.28. The average Bonchev–Trinajstić information content (AvgIpc) is 2.58. The molecule has 0 radical (unpaired) electrons. The summed E-state index contributed by atoms with van der Waals surface area (Å²) in [5, 5.41) is 3.22. The van der Waals surface area contributed by atoms with E-state index in [1.54, 1.807) is 18.2 Å². The topological polar surface area (TPSA) is 49.4 Å². The van der Waals surface area contributed by atoms with E-state index in [1.807, 2.05) is 0 Å². The van der Waals surface area contributed by atoms with Gasteiger partial charge in [-0.25, -0.2) is 0 Å². The van der Waals surface area contributed by atoms with Crippen LogP contribution in [0.2, 0.25) is 10.0 Å². The van der Waals surface area contributed by atoms with Gasteiger partial charge in [0.2, 0.25) is 5.91 Å². The van der Waals surface area contributed by atoms with Gasteiger partial charge in [-0.1, -0.05) is 29.3 Å². The van der Waals surface area contributed by atoms with Gasteiger partial charge in [-0.2, -0.15) is 0 Å². The zero-order valence-corrected chi connectivity index (χ0v) is 12.1. The van der Waals surface area contributed by atoms with E-state index in [9.17, 15) is 9.59 Å². The summed E-state index contributed by atoms with van der Waals surface area (Å²) in [5.74, 6) is -0.825. The molecule has 2 rings (SSSR count). The molecule has 0 atom stereocenters. The first-order valence-corrected chi connectivity index (χ1v) is 6.40. The highest BCUT2D eigenvalue weighted by molar-refractivity contribution is 7.80. The molecule has 1 N–H and O–H groups in total. The van der Waals surface area contributed by atoms with Crippen LogP contribution in [0.5, 0.6) is 0 Å². The second kappa shape index (κ2) is 5.28. The fourth-order valence-corrected chi connectivity index (χ4v) is 2.48. The van der Waals surface area contributed by atoms with Gasteiger partial charge >= 0.3 is 0 Å². The molecule has 0 aromatic heterocycles. The van der Waals surface area contributed by atoms with E-state index in [0.717, 1.165) is 4.90 Å². The molecule has 0 unspecified atom stereocenters. The van der Waals surface area contributed by atoms with Crippen molar-refractivity contribution in [3.63, 3.8) is 0 Å². The van der Waals surface area contributed by atoms with Crippen LogP contribution < -0.4 is 5.32 Å². The van der Waals surface area contributed by atoms with Crippen LogP contribution in [-0.2, 0) is 9.59 Å². The number of hydrogen-bond acceptors (Lipinski definition) is 3. The molecule has 1 aliphatic heterocycles. The second-order valence-corrected chi connectivity index (χ2v) is 4.98. The predicted octanol–water partition coefficient (Wildman–Crippen LogP) is 2.60. The summed E-state index contributed by atoms with van der Waals surface area (Å²) < 4.78 is 0. The molecule has 0 spiro atoms. The van der Waals surface area contributed by atoms with Gasteiger partial charge in [-0.15, -0.1) is 0 Å². The van der Waals surface area contributed by atoms with Gasteiger partial charge in [-0.3, -0.25) is 19.8 Å². The number of thiocarbonyl (C=S) groups is 1. The quantitative estimate of drug-likeness (QED) is 0.640. The highest BCUT2D eigenvalue weighted by atomic mass is 35.5. The normalized spacial score (nSPS) is 17.0. The minimum absolute atomic E-state index is 0.0481. The molecule has 1 heterocycles. The van der Waals surface area contributed by atoms with E-state index in [2.05, 4.69) is 5.32 Å². The monoisotopic (exact) mass is 314 g/mol. The Labute approximate surface area is 125 Å². The SMILES string of the molecule is CC(=O)N1C(=S)NC(=O)/C1=C\c1c(Cl)cccc1Cl. The standard InChI is InChI=1S/C12H8Cl2N2O2S/c1-6(17)16-10(11(18)15-12(16)19)5-7-8(13)3-2-4-9(7)14/h2-5H,1H3,(H,15,18,19)/b10-5+. The zero-order valence-electron chi connectivity index (χ0n) is 9.74. The van der Waals surface area contributed by atoms with Crippen LogP contribution in [0.4, 0.5) is 0 Å². The molecule has 1 aromatic rings. The Bertz CT molecular complexity index is 608. The van der Waals surface area contributed by atoms with Crippen molar-refractivity contribution in [2.45, 2.75) is 6.92 Å². The van der Waals surface area contributed by atoms with Crippen molar-refractivity contribution in [2.24, 2.45) is 0 Å². The van der Waals surface area contributed by atoms with Crippen molar-refractivity contribution in [3.05, 3.63) is 39.5 Å². The first-order chi connectivity index (χ1) is 8.91. The summed E-state index contributed by atoms with van der Waals surface area (Å²) in [6, 6.07) is 4.97. The van der Waals surface area contributed by atoms with Crippen LogP contribution >= 0.6 is 35.4 Å². The van der Waals surface area contributed by atoms with Crippen LogP contribution in [0.3, 0.4) is 0 Å². The number of amides is 2. The summed E-state index contributed by atoms with van der Waals surface area (Å²) in [4.78, 5) is 24.4. The van der Waals surface area contributed by atoms with E-state index in [4.69, 9.17) is 35.4 Å². The molecule has 4 nitrogen and oxygen atoms in total. The maximum Gasteiger partial charge on any atom is 0.274 e. The molecule has 0 saturated carbocycles. The molecule has 0 bridgehead atoms. The van der Waals surface area contributed by atoms with Crippen LogP contribution in [0.25, 0.3) is 6.08 Å². The third kappa shape index (κ3) is 2.63. The summed E-state index contributed by atoms with van der Waals surface area (Å²) in [7, 11) is 0. The summed E-state index contributed by atoms with van der Waals surface area (Å²) in [6.07, 6.45) is 1.45. The van der Waals surface area contributed by atoms with Crippen molar-refractivity contribution in [1.82, 2.24) is 10.2 Å². The van der Waals surface area contributed by atoms with Gasteiger partial charge in [0.05, 0.1) is 0 Å². The Morgan fingerprint density at radius 1 is 1.37 bits per heavy atom.